The van der Waals surface area contributed by atoms with Crippen molar-refractivity contribution in [3.63, 3.8) is 0 Å². The maximum absolute atomic E-state index is 11.8. The molecule has 1 aromatic carbocycles. The third kappa shape index (κ3) is 9.66. The highest BCUT2D eigenvalue weighted by atomic mass is 32.1. The molecule has 0 heterocycles. The van der Waals surface area contributed by atoms with Gasteiger partial charge in [0.15, 0.2) is 5.11 Å². The van der Waals surface area contributed by atoms with Crippen LogP contribution in [0.1, 0.15) is 40.0 Å². The minimum Gasteiger partial charge on any atom is -0.493 e. The van der Waals surface area contributed by atoms with Gasteiger partial charge in [-0.15, -0.1) is 0 Å². The van der Waals surface area contributed by atoms with Crippen LogP contribution in [0.3, 0.4) is 0 Å². The molecule has 1 aromatic rings. The summed E-state index contributed by atoms with van der Waals surface area (Å²) in [7, 11) is 0. The zero-order chi connectivity index (χ0) is 18.7. The number of nitrogens with one attached hydrogen (secondary N) is 2. The van der Waals surface area contributed by atoms with Gasteiger partial charge in [-0.25, -0.2) is 0 Å². The van der Waals surface area contributed by atoms with Gasteiger partial charge >= 0.3 is 5.97 Å². The lowest BCUT2D eigenvalue weighted by Crippen LogP contribution is -2.34. The fourth-order valence-electron chi connectivity index (χ4n) is 1.78. The van der Waals surface area contributed by atoms with Gasteiger partial charge in [0.2, 0.25) is 5.91 Å². The summed E-state index contributed by atoms with van der Waals surface area (Å²) in [5.74, 6) is 0.441. The summed E-state index contributed by atoms with van der Waals surface area (Å²) in [6, 6.07) is 7.33. The van der Waals surface area contributed by atoms with Gasteiger partial charge in [0.25, 0.3) is 0 Å². The van der Waals surface area contributed by atoms with Crippen LogP contribution in [0.15, 0.2) is 24.3 Å². The van der Waals surface area contributed by atoms with Crippen molar-refractivity contribution in [1.29, 1.82) is 0 Å². The van der Waals surface area contributed by atoms with Crippen molar-refractivity contribution < 1.29 is 19.1 Å². The molecule has 0 atom stereocenters. The lowest BCUT2D eigenvalue weighted by molar-refractivity contribution is -0.144. The second kappa shape index (κ2) is 11.4. The fourth-order valence-corrected chi connectivity index (χ4v) is 2.01. The number of ether oxygens (including phenoxy) is 2. The number of amides is 1. The van der Waals surface area contributed by atoms with Crippen LogP contribution in [0.4, 0.5) is 5.69 Å². The van der Waals surface area contributed by atoms with Crippen LogP contribution < -0.4 is 15.4 Å². The van der Waals surface area contributed by atoms with Crippen LogP contribution in [0.5, 0.6) is 5.75 Å². The van der Waals surface area contributed by atoms with Crippen LogP contribution >= 0.6 is 12.2 Å². The number of esters is 1. The first-order valence-corrected chi connectivity index (χ1v) is 8.80. The lowest BCUT2D eigenvalue weighted by atomic mass is 10.2. The maximum atomic E-state index is 11.8. The Balaban J connectivity index is 2.39. The first kappa shape index (κ1) is 20.9. The number of hydrogen-bond acceptors (Lipinski definition) is 5. The van der Waals surface area contributed by atoms with E-state index in [1.54, 1.807) is 0 Å². The Labute approximate surface area is 154 Å². The molecule has 1 rings (SSSR count). The normalized spacial score (nSPS) is 10.2. The third-order valence-electron chi connectivity index (χ3n) is 2.95. The Bertz CT molecular complexity index is 590. The van der Waals surface area contributed by atoms with E-state index in [0.717, 1.165) is 12.2 Å². The van der Waals surface area contributed by atoms with Crippen molar-refractivity contribution in [3.8, 4) is 5.75 Å². The number of carbonyl (C=O) groups is 2. The summed E-state index contributed by atoms with van der Waals surface area (Å²) in [4.78, 5) is 23.2. The van der Waals surface area contributed by atoms with Crippen molar-refractivity contribution in [2.75, 3.05) is 18.5 Å². The monoisotopic (exact) mass is 366 g/mol. The first-order chi connectivity index (χ1) is 11.9. The molecule has 0 saturated carbocycles. The minimum atomic E-state index is -0.383. The first-order valence-electron chi connectivity index (χ1n) is 8.40. The van der Waals surface area contributed by atoms with Gasteiger partial charge in [-0.1, -0.05) is 26.8 Å². The molecule has 0 bridgehead atoms. The zero-order valence-corrected chi connectivity index (χ0v) is 15.8. The smallest absolute Gasteiger partial charge is 0.306 e. The van der Waals surface area contributed by atoms with Crippen LogP contribution in [0.25, 0.3) is 0 Å². The van der Waals surface area contributed by atoms with Gasteiger partial charge in [-0.2, -0.15) is 0 Å². The van der Waals surface area contributed by atoms with E-state index in [0.29, 0.717) is 24.8 Å². The topological polar surface area (TPSA) is 76.7 Å². The average Bonchev–Trinajstić information content (AvgIpc) is 2.56. The van der Waals surface area contributed by atoms with E-state index in [4.69, 9.17) is 21.7 Å². The number of carbonyl (C=O) groups excluding carboxylic acids is 2. The molecular weight excluding hydrogens is 340 g/mol. The molecule has 6 nitrogen and oxygen atoms in total. The summed E-state index contributed by atoms with van der Waals surface area (Å²) < 4.78 is 10.6. The van der Waals surface area contributed by atoms with Crippen molar-refractivity contribution >= 4 is 34.9 Å². The van der Waals surface area contributed by atoms with E-state index in [-0.39, 0.29) is 29.8 Å². The van der Waals surface area contributed by atoms with Crippen molar-refractivity contribution in [2.45, 2.75) is 40.0 Å². The predicted octanol–water partition coefficient (Wildman–Crippen LogP) is 3.27. The molecule has 138 valence electrons. The Morgan fingerprint density at radius 1 is 1.24 bits per heavy atom. The van der Waals surface area contributed by atoms with E-state index in [9.17, 15) is 9.59 Å². The van der Waals surface area contributed by atoms with E-state index >= 15 is 0 Å². The zero-order valence-electron chi connectivity index (χ0n) is 15.0. The third-order valence-corrected chi connectivity index (χ3v) is 3.16. The summed E-state index contributed by atoms with van der Waals surface area (Å²) >= 11 is 5.11. The highest BCUT2D eigenvalue weighted by Crippen LogP contribution is 2.18. The number of benzene rings is 1. The van der Waals surface area contributed by atoms with Gasteiger partial charge in [-0.3, -0.25) is 9.59 Å². The summed E-state index contributed by atoms with van der Waals surface area (Å²) in [5, 5.41) is 5.64. The molecule has 0 aliphatic rings. The van der Waals surface area contributed by atoms with Gasteiger partial charge in [0.05, 0.1) is 19.6 Å². The van der Waals surface area contributed by atoms with Crippen LogP contribution in [0.2, 0.25) is 0 Å². The highest BCUT2D eigenvalue weighted by Gasteiger charge is 2.09. The van der Waals surface area contributed by atoms with E-state index < -0.39 is 0 Å². The Morgan fingerprint density at radius 3 is 2.68 bits per heavy atom. The molecule has 0 aliphatic heterocycles. The maximum Gasteiger partial charge on any atom is 0.306 e. The van der Waals surface area contributed by atoms with Crippen molar-refractivity contribution in [3.05, 3.63) is 24.3 Å². The lowest BCUT2D eigenvalue weighted by Gasteiger charge is -2.12. The van der Waals surface area contributed by atoms with Gasteiger partial charge in [0, 0.05) is 18.2 Å². The molecule has 0 saturated heterocycles. The Hall–Kier alpha value is -2.15. The van der Waals surface area contributed by atoms with E-state index in [1.807, 2.05) is 31.2 Å². The molecular formula is C18H26N2O4S. The molecule has 0 fully saturated rings. The highest BCUT2D eigenvalue weighted by molar-refractivity contribution is 7.80. The Kier molecular flexibility index (Phi) is 9.54. The Morgan fingerprint density at radius 2 is 2.00 bits per heavy atom. The predicted molar refractivity (Wildman–Crippen MR) is 102 cm³/mol. The van der Waals surface area contributed by atoms with E-state index in [1.165, 1.54) is 0 Å². The molecule has 2 N–H and O–H groups in total. The van der Waals surface area contributed by atoms with Crippen LogP contribution in [-0.4, -0.2) is 30.2 Å². The number of thiocarbonyl (C=S) groups is 1. The molecule has 25 heavy (non-hydrogen) atoms. The van der Waals surface area contributed by atoms with Crippen LogP contribution in [0, 0.1) is 5.92 Å². The number of hydrogen-bond donors (Lipinski definition) is 2. The fraction of sp³-hybridized carbons (Fsp3) is 0.500. The molecule has 0 radical (unpaired) electrons. The van der Waals surface area contributed by atoms with Crippen molar-refractivity contribution in [2.24, 2.45) is 5.92 Å². The summed E-state index contributed by atoms with van der Waals surface area (Å²) in [5.41, 5.74) is 0.717. The molecule has 0 aromatic heterocycles. The van der Waals surface area contributed by atoms with Crippen LogP contribution in [-0.2, 0) is 14.3 Å². The van der Waals surface area contributed by atoms with Gasteiger partial charge in [0.1, 0.15) is 5.75 Å². The standard InChI is InChI=1S/C18H26N2O4S/c1-4-10-23-17(22)9-8-16(21)20-18(25)19-14-6-5-7-15(11-14)24-12-13(2)3/h5-7,11,13H,4,8-10,12H2,1-3H3,(H2,19,20,21,25). The largest absolute Gasteiger partial charge is 0.493 e. The SMILES string of the molecule is CCCOC(=O)CCC(=O)NC(=S)Nc1cccc(OCC(C)C)c1. The van der Waals surface area contributed by atoms with Gasteiger partial charge < -0.3 is 20.1 Å². The van der Waals surface area contributed by atoms with E-state index in [2.05, 4.69) is 24.5 Å². The second-order valence-corrected chi connectivity index (χ2v) is 6.36. The molecule has 0 aliphatic carbocycles. The van der Waals surface area contributed by atoms with Crippen molar-refractivity contribution in [1.82, 2.24) is 5.32 Å². The molecule has 7 heteroatoms. The minimum absolute atomic E-state index is 0.0297. The number of rotatable bonds is 9. The molecule has 0 spiro atoms. The summed E-state index contributed by atoms with van der Waals surface area (Å²) in [6.45, 7) is 7.05. The molecule has 1 amide bonds. The summed E-state index contributed by atoms with van der Waals surface area (Å²) in [6.07, 6.45) is 0.820. The quantitative estimate of drug-likeness (QED) is 0.516. The second-order valence-electron chi connectivity index (χ2n) is 5.96. The van der Waals surface area contributed by atoms with Gasteiger partial charge in [-0.05, 0) is 36.7 Å². The average molecular weight is 366 g/mol. The number of anilines is 1. The molecule has 0 unspecified atom stereocenters.